The molecule has 1 saturated heterocycles. The standard InChI is InChI=1S/C23H30FN3O4/c1-13-11-25(8-9-27(13)23(2,3)4)19-17(24)10-15-18(21(19)31-5)26(14-6-7-14)12-16(20(15)28)22(29)30/h10,12-14H,6-9,11H2,1-5H3,(H,29,30). The van der Waals surface area contributed by atoms with Crippen molar-refractivity contribution in [3.05, 3.63) is 33.9 Å². The minimum Gasteiger partial charge on any atom is -0.492 e. The van der Waals surface area contributed by atoms with Gasteiger partial charge in [-0.2, -0.15) is 0 Å². The third-order valence-electron chi connectivity index (χ3n) is 6.38. The van der Waals surface area contributed by atoms with Crippen LogP contribution < -0.4 is 15.1 Å². The zero-order valence-electron chi connectivity index (χ0n) is 18.7. The number of carboxylic acids is 1. The Kier molecular flexibility index (Phi) is 5.24. The van der Waals surface area contributed by atoms with E-state index in [1.165, 1.54) is 19.4 Å². The Morgan fingerprint density at radius 3 is 2.45 bits per heavy atom. The average molecular weight is 432 g/mol. The number of piperazine rings is 1. The zero-order valence-corrected chi connectivity index (χ0v) is 18.7. The fourth-order valence-corrected chi connectivity index (χ4v) is 4.88. The first-order valence-corrected chi connectivity index (χ1v) is 10.7. The number of pyridine rings is 1. The number of ether oxygens (including phenoxy) is 1. The Bertz CT molecular complexity index is 1100. The van der Waals surface area contributed by atoms with Crippen molar-refractivity contribution in [2.75, 3.05) is 31.6 Å². The molecule has 1 atom stereocenters. The van der Waals surface area contributed by atoms with Gasteiger partial charge in [0, 0.05) is 43.5 Å². The number of carbonyl (C=O) groups is 1. The predicted molar refractivity (Wildman–Crippen MR) is 118 cm³/mol. The SMILES string of the molecule is COc1c(N2CCN(C(C)(C)C)C(C)C2)c(F)cc2c(=O)c(C(=O)O)cn(C3CC3)c12. The van der Waals surface area contributed by atoms with E-state index in [4.69, 9.17) is 4.74 Å². The van der Waals surface area contributed by atoms with Gasteiger partial charge in [0.1, 0.15) is 11.3 Å². The monoisotopic (exact) mass is 431 g/mol. The Balaban J connectivity index is 1.89. The summed E-state index contributed by atoms with van der Waals surface area (Å²) in [6, 6.07) is 1.47. The van der Waals surface area contributed by atoms with E-state index in [0.717, 1.165) is 19.4 Å². The van der Waals surface area contributed by atoms with Crippen LogP contribution in [-0.4, -0.2) is 58.9 Å². The number of nitrogens with zero attached hydrogens (tertiary/aromatic N) is 3. The number of methoxy groups -OCH3 is 1. The summed E-state index contributed by atoms with van der Waals surface area (Å²) < 4.78 is 22.9. The first-order valence-electron chi connectivity index (χ1n) is 10.7. The minimum atomic E-state index is -1.31. The van der Waals surface area contributed by atoms with E-state index < -0.39 is 17.2 Å². The van der Waals surface area contributed by atoms with E-state index in [2.05, 4.69) is 32.6 Å². The molecule has 168 valence electrons. The molecule has 2 heterocycles. The number of anilines is 1. The lowest BCUT2D eigenvalue weighted by Crippen LogP contribution is -2.58. The molecule has 8 heteroatoms. The van der Waals surface area contributed by atoms with Crippen molar-refractivity contribution in [3.63, 3.8) is 0 Å². The maximum atomic E-state index is 15.4. The first kappa shape index (κ1) is 21.6. The maximum Gasteiger partial charge on any atom is 0.341 e. The van der Waals surface area contributed by atoms with Crippen LogP contribution in [0.2, 0.25) is 0 Å². The van der Waals surface area contributed by atoms with Crippen LogP contribution in [0.5, 0.6) is 5.75 Å². The van der Waals surface area contributed by atoms with Crippen molar-refractivity contribution < 1.29 is 19.0 Å². The van der Waals surface area contributed by atoms with Crippen molar-refractivity contribution in [2.45, 2.75) is 58.2 Å². The number of hydrogen-bond acceptors (Lipinski definition) is 5. The topological polar surface area (TPSA) is 75.0 Å². The molecule has 1 aromatic carbocycles. The van der Waals surface area contributed by atoms with Gasteiger partial charge in [0.05, 0.1) is 18.0 Å². The number of rotatable bonds is 4. The highest BCUT2D eigenvalue weighted by atomic mass is 19.1. The van der Waals surface area contributed by atoms with Crippen molar-refractivity contribution in [1.82, 2.24) is 9.47 Å². The normalized spacial score (nSPS) is 20.3. The molecule has 0 radical (unpaired) electrons. The lowest BCUT2D eigenvalue weighted by molar-refractivity contribution is 0.0694. The highest BCUT2D eigenvalue weighted by Gasteiger charge is 2.35. The van der Waals surface area contributed by atoms with Crippen LogP contribution in [0.3, 0.4) is 0 Å². The largest absolute Gasteiger partial charge is 0.492 e. The molecule has 0 amide bonds. The lowest BCUT2D eigenvalue weighted by atomic mass is 10.00. The molecule has 0 bridgehead atoms. The van der Waals surface area contributed by atoms with Gasteiger partial charge in [-0.05, 0) is 46.6 Å². The highest BCUT2D eigenvalue weighted by molar-refractivity contribution is 5.97. The zero-order chi connectivity index (χ0) is 22.7. The van der Waals surface area contributed by atoms with Crippen molar-refractivity contribution in [2.24, 2.45) is 0 Å². The van der Waals surface area contributed by atoms with Gasteiger partial charge in [-0.1, -0.05) is 0 Å². The number of benzene rings is 1. The molecule has 1 saturated carbocycles. The summed E-state index contributed by atoms with van der Waals surface area (Å²) in [6.07, 6.45) is 3.15. The molecule has 1 aromatic heterocycles. The summed E-state index contributed by atoms with van der Waals surface area (Å²) in [5.74, 6) is -1.58. The smallest absolute Gasteiger partial charge is 0.341 e. The summed E-state index contributed by atoms with van der Waals surface area (Å²) in [5.41, 5.74) is -0.207. The van der Waals surface area contributed by atoms with Crippen LogP contribution in [0, 0.1) is 5.82 Å². The molecule has 7 nitrogen and oxygen atoms in total. The van der Waals surface area contributed by atoms with Crippen molar-refractivity contribution in [1.29, 1.82) is 0 Å². The molecule has 0 spiro atoms. The van der Waals surface area contributed by atoms with Crippen LogP contribution in [-0.2, 0) is 0 Å². The fourth-order valence-electron chi connectivity index (χ4n) is 4.88. The van der Waals surface area contributed by atoms with E-state index in [-0.39, 0.29) is 28.6 Å². The summed E-state index contributed by atoms with van der Waals surface area (Å²) in [7, 11) is 1.47. The van der Waals surface area contributed by atoms with Gasteiger partial charge in [0.25, 0.3) is 0 Å². The Morgan fingerprint density at radius 2 is 1.94 bits per heavy atom. The molecule has 2 aromatic rings. The number of aromatic carboxylic acids is 1. The Labute approximate surface area is 181 Å². The van der Waals surface area contributed by atoms with Gasteiger partial charge in [0.2, 0.25) is 5.43 Å². The number of aromatic nitrogens is 1. The fraction of sp³-hybridized carbons (Fsp3) is 0.565. The molecule has 2 aliphatic rings. The number of hydrogen-bond donors (Lipinski definition) is 1. The molecule has 4 rings (SSSR count). The lowest BCUT2D eigenvalue weighted by Gasteiger charge is -2.47. The Morgan fingerprint density at radius 1 is 1.26 bits per heavy atom. The van der Waals surface area contributed by atoms with E-state index in [1.54, 1.807) is 4.57 Å². The minimum absolute atomic E-state index is 0.0111. The van der Waals surface area contributed by atoms with Gasteiger partial charge >= 0.3 is 5.97 Å². The number of halogens is 1. The third-order valence-corrected chi connectivity index (χ3v) is 6.38. The summed E-state index contributed by atoms with van der Waals surface area (Å²) in [6.45, 7) is 10.7. The van der Waals surface area contributed by atoms with Crippen LogP contribution in [0.15, 0.2) is 17.1 Å². The molecule has 31 heavy (non-hydrogen) atoms. The van der Waals surface area contributed by atoms with Crippen LogP contribution in [0.25, 0.3) is 10.9 Å². The number of fused-ring (bicyclic) bond motifs is 1. The van der Waals surface area contributed by atoms with Gasteiger partial charge in [0.15, 0.2) is 11.6 Å². The van der Waals surface area contributed by atoms with Gasteiger partial charge in [-0.15, -0.1) is 0 Å². The second kappa shape index (κ2) is 7.51. The van der Waals surface area contributed by atoms with Crippen LogP contribution in [0.1, 0.15) is 56.9 Å². The molecule has 1 aliphatic carbocycles. The van der Waals surface area contributed by atoms with Crippen LogP contribution in [0.4, 0.5) is 10.1 Å². The maximum absolute atomic E-state index is 15.4. The van der Waals surface area contributed by atoms with E-state index in [1.807, 2.05) is 4.90 Å². The van der Waals surface area contributed by atoms with Crippen molar-refractivity contribution in [3.8, 4) is 5.75 Å². The van der Waals surface area contributed by atoms with Crippen LogP contribution >= 0.6 is 0 Å². The summed E-state index contributed by atoms with van der Waals surface area (Å²) in [4.78, 5) is 28.8. The molecule has 1 N–H and O–H groups in total. The molecule has 1 unspecified atom stereocenters. The van der Waals surface area contributed by atoms with E-state index >= 15 is 4.39 Å². The second-order valence-electron chi connectivity index (χ2n) is 9.61. The first-order chi connectivity index (χ1) is 14.5. The second-order valence-corrected chi connectivity index (χ2v) is 9.61. The molecule has 2 fully saturated rings. The summed E-state index contributed by atoms with van der Waals surface area (Å²) in [5, 5.41) is 9.52. The quantitative estimate of drug-likeness (QED) is 0.799. The molecular formula is C23H30FN3O4. The number of carboxylic acid groups (broad SMARTS) is 1. The van der Waals surface area contributed by atoms with Gasteiger partial charge in [-0.3, -0.25) is 9.69 Å². The molecular weight excluding hydrogens is 401 g/mol. The van der Waals surface area contributed by atoms with Gasteiger partial charge < -0.3 is 19.3 Å². The Hall–Kier alpha value is -2.61. The predicted octanol–water partition coefficient (Wildman–Crippen LogP) is 3.49. The third kappa shape index (κ3) is 3.67. The van der Waals surface area contributed by atoms with E-state index in [9.17, 15) is 14.7 Å². The highest BCUT2D eigenvalue weighted by Crippen LogP contribution is 2.44. The van der Waals surface area contributed by atoms with E-state index in [0.29, 0.717) is 30.0 Å². The average Bonchev–Trinajstić information content (AvgIpc) is 3.51. The summed E-state index contributed by atoms with van der Waals surface area (Å²) >= 11 is 0. The molecule has 1 aliphatic heterocycles. The van der Waals surface area contributed by atoms with Gasteiger partial charge in [-0.25, -0.2) is 9.18 Å². The van der Waals surface area contributed by atoms with Crippen molar-refractivity contribution >= 4 is 22.6 Å².